The molecule has 186 valence electrons. The van der Waals surface area contributed by atoms with Gasteiger partial charge in [-0.25, -0.2) is 9.80 Å². The second kappa shape index (κ2) is 9.71. The molecule has 37 heavy (non-hydrogen) atoms. The highest BCUT2D eigenvalue weighted by Crippen LogP contribution is 2.31. The highest BCUT2D eigenvalue weighted by atomic mass is 35.5. The number of rotatable bonds is 4. The number of amides is 2. The summed E-state index contributed by atoms with van der Waals surface area (Å²) in [4.78, 5) is 14.4. The predicted octanol–water partition coefficient (Wildman–Crippen LogP) is 5.63. The molecule has 2 aliphatic heterocycles. The van der Waals surface area contributed by atoms with Crippen LogP contribution in [0.4, 0.5) is 16.4 Å². The van der Waals surface area contributed by atoms with Gasteiger partial charge in [0.2, 0.25) is 0 Å². The number of halogens is 1. The van der Waals surface area contributed by atoms with E-state index in [0.717, 1.165) is 65.5 Å². The minimum atomic E-state index is -0.0510. The van der Waals surface area contributed by atoms with Crippen LogP contribution in [0, 0.1) is 6.92 Å². The average molecular weight is 512 g/mol. The number of carbonyl (C=O) groups excluding carboxylic acids is 1. The van der Waals surface area contributed by atoms with Gasteiger partial charge in [0.1, 0.15) is 11.5 Å². The Morgan fingerprint density at radius 2 is 1.68 bits per heavy atom. The molecule has 9 heteroatoms. The summed E-state index contributed by atoms with van der Waals surface area (Å²) in [6.07, 6.45) is 2.12. The Kier molecular flexibility index (Phi) is 6.10. The number of nitrogens with zero attached hydrogens (tertiary/aromatic N) is 6. The lowest BCUT2D eigenvalue weighted by Crippen LogP contribution is -2.32. The van der Waals surface area contributed by atoms with Gasteiger partial charge in [-0.15, -0.1) is 10.2 Å². The van der Waals surface area contributed by atoms with Crippen LogP contribution in [0.5, 0.6) is 0 Å². The first kappa shape index (κ1) is 23.2. The molecule has 2 aliphatic rings. The number of benzene rings is 3. The Hall–Kier alpha value is -4.17. The fraction of sp³-hybridized carbons (Fsp3) is 0.214. The zero-order valence-corrected chi connectivity index (χ0v) is 21.2. The number of anilines is 2. The van der Waals surface area contributed by atoms with Crippen molar-refractivity contribution in [2.75, 3.05) is 23.4 Å². The van der Waals surface area contributed by atoms with Crippen LogP contribution in [-0.4, -0.2) is 44.5 Å². The molecule has 8 nitrogen and oxygen atoms in total. The SMILES string of the molecule is Cc1nnc2n1-c1ccccc1C(c1ccc(NC(=O)N3CCCC3)cc1)=NN2Cc1ccc(Cl)cc1. The van der Waals surface area contributed by atoms with Crippen LogP contribution < -0.4 is 10.3 Å². The summed E-state index contributed by atoms with van der Waals surface area (Å²) in [5.74, 6) is 1.42. The van der Waals surface area contributed by atoms with Crippen molar-refractivity contribution in [1.29, 1.82) is 0 Å². The standard InChI is InChI=1S/C28H26ClN7O/c1-19-31-32-27-35(18-20-8-12-22(29)13-9-20)33-26(24-6-2-3-7-25(24)36(19)27)21-10-14-23(15-11-21)30-28(37)34-16-4-5-17-34/h2-3,6-15H,4-5,16-18H2,1H3,(H,30,37). The Morgan fingerprint density at radius 3 is 2.43 bits per heavy atom. The topological polar surface area (TPSA) is 78.6 Å². The maximum absolute atomic E-state index is 12.5. The molecular formula is C28H26ClN7O. The van der Waals surface area contributed by atoms with Gasteiger partial charge in [0.05, 0.1) is 12.2 Å². The van der Waals surface area contributed by atoms with Gasteiger partial charge in [0.15, 0.2) is 0 Å². The minimum Gasteiger partial charge on any atom is -0.325 e. The molecule has 1 fully saturated rings. The summed E-state index contributed by atoms with van der Waals surface area (Å²) in [7, 11) is 0. The molecular weight excluding hydrogens is 486 g/mol. The van der Waals surface area contributed by atoms with E-state index in [1.807, 2.05) is 82.1 Å². The number of nitrogens with one attached hydrogen (secondary N) is 1. The first-order valence-electron chi connectivity index (χ1n) is 12.4. The van der Waals surface area contributed by atoms with Gasteiger partial charge in [0, 0.05) is 34.9 Å². The van der Waals surface area contributed by atoms with Crippen molar-refractivity contribution >= 4 is 35.0 Å². The highest BCUT2D eigenvalue weighted by molar-refractivity contribution is 6.30. The number of aryl methyl sites for hydroxylation is 1. The van der Waals surface area contributed by atoms with Crippen molar-refractivity contribution in [3.63, 3.8) is 0 Å². The Labute approximate surface area is 220 Å². The highest BCUT2D eigenvalue weighted by Gasteiger charge is 2.26. The van der Waals surface area contributed by atoms with Crippen molar-refractivity contribution in [2.24, 2.45) is 5.10 Å². The number of urea groups is 1. The molecule has 1 N–H and O–H groups in total. The number of carbonyl (C=O) groups is 1. The minimum absolute atomic E-state index is 0.0510. The zero-order valence-electron chi connectivity index (χ0n) is 20.4. The third kappa shape index (κ3) is 4.56. The molecule has 3 heterocycles. The van der Waals surface area contributed by atoms with E-state index in [2.05, 4.69) is 27.6 Å². The number of hydrogen-bond acceptors (Lipinski definition) is 5. The average Bonchev–Trinajstić information content (AvgIpc) is 3.56. The zero-order chi connectivity index (χ0) is 25.4. The lowest BCUT2D eigenvalue weighted by molar-refractivity contribution is 0.222. The summed E-state index contributed by atoms with van der Waals surface area (Å²) in [5, 5.41) is 19.5. The fourth-order valence-corrected chi connectivity index (χ4v) is 4.93. The lowest BCUT2D eigenvalue weighted by atomic mass is 10.0. The van der Waals surface area contributed by atoms with Gasteiger partial charge in [-0.3, -0.25) is 4.57 Å². The number of likely N-dealkylation sites (tertiary alicyclic amines) is 1. The second-order valence-electron chi connectivity index (χ2n) is 9.23. The molecule has 3 aromatic carbocycles. The molecule has 0 bridgehead atoms. The number of fused-ring (bicyclic) bond motifs is 3. The van der Waals surface area contributed by atoms with Crippen LogP contribution in [0.25, 0.3) is 5.69 Å². The van der Waals surface area contributed by atoms with Gasteiger partial charge >= 0.3 is 6.03 Å². The maximum atomic E-state index is 12.5. The molecule has 0 spiro atoms. The second-order valence-corrected chi connectivity index (χ2v) is 9.67. The van der Waals surface area contributed by atoms with E-state index in [1.165, 1.54) is 0 Å². The third-order valence-electron chi connectivity index (χ3n) is 6.71. The molecule has 1 aromatic heterocycles. The van der Waals surface area contributed by atoms with E-state index in [1.54, 1.807) is 0 Å². The van der Waals surface area contributed by atoms with E-state index in [0.29, 0.717) is 17.5 Å². The molecule has 0 radical (unpaired) electrons. The van der Waals surface area contributed by atoms with Crippen molar-refractivity contribution in [3.05, 3.63) is 100 Å². The van der Waals surface area contributed by atoms with Crippen LogP contribution in [0.15, 0.2) is 77.9 Å². The van der Waals surface area contributed by atoms with Gasteiger partial charge in [0.25, 0.3) is 5.95 Å². The van der Waals surface area contributed by atoms with E-state index >= 15 is 0 Å². The summed E-state index contributed by atoms with van der Waals surface area (Å²) in [6, 6.07) is 23.6. The summed E-state index contributed by atoms with van der Waals surface area (Å²) in [6.45, 7) is 4.06. The van der Waals surface area contributed by atoms with Crippen molar-refractivity contribution < 1.29 is 4.79 Å². The van der Waals surface area contributed by atoms with E-state index in [9.17, 15) is 4.79 Å². The molecule has 2 amide bonds. The first-order chi connectivity index (χ1) is 18.1. The molecule has 0 aliphatic carbocycles. The van der Waals surface area contributed by atoms with Crippen molar-refractivity contribution in [1.82, 2.24) is 19.7 Å². The normalized spacial score (nSPS) is 14.6. The van der Waals surface area contributed by atoms with Crippen molar-refractivity contribution in [3.8, 4) is 5.69 Å². The van der Waals surface area contributed by atoms with Gasteiger partial charge in [-0.05, 0) is 55.7 Å². The predicted molar refractivity (Wildman–Crippen MR) is 146 cm³/mol. The quantitative estimate of drug-likeness (QED) is 0.385. The van der Waals surface area contributed by atoms with Crippen LogP contribution in [0.2, 0.25) is 5.02 Å². The number of aromatic nitrogens is 3. The monoisotopic (exact) mass is 511 g/mol. The van der Waals surface area contributed by atoms with Crippen LogP contribution in [0.3, 0.4) is 0 Å². The Bertz CT molecular complexity index is 1470. The fourth-order valence-electron chi connectivity index (χ4n) is 4.80. The summed E-state index contributed by atoms with van der Waals surface area (Å²) >= 11 is 6.11. The molecule has 0 saturated carbocycles. The first-order valence-corrected chi connectivity index (χ1v) is 12.7. The lowest BCUT2D eigenvalue weighted by Gasteiger charge is -2.18. The molecule has 0 unspecified atom stereocenters. The van der Waals surface area contributed by atoms with Crippen LogP contribution in [0.1, 0.15) is 35.4 Å². The van der Waals surface area contributed by atoms with E-state index < -0.39 is 0 Å². The number of hydrogen-bond donors (Lipinski definition) is 1. The summed E-state index contributed by atoms with van der Waals surface area (Å²) in [5.41, 5.74) is 5.48. The molecule has 1 saturated heterocycles. The Morgan fingerprint density at radius 1 is 0.946 bits per heavy atom. The van der Waals surface area contributed by atoms with Gasteiger partial charge < -0.3 is 10.2 Å². The van der Waals surface area contributed by atoms with Crippen molar-refractivity contribution in [2.45, 2.75) is 26.3 Å². The van der Waals surface area contributed by atoms with Crippen LogP contribution in [-0.2, 0) is 6.54 Å². The molecule has 0 atom stereocenters. The van der Waals surface area contributed by atoms with Crippen LogP contribution >= 0.6 is 11.6 Å². The maximum Gasteiger partial charge on any atom is 0.321 e. The van der Waals surface area contributed by atoms with E-state index in [-0.39, 0.29) is 6.03 Å². The largest absolute Gasteiger partial charge is 0.325 e. The molecule has 4 aromatic rings. The summed E-state index contributed by atoms with van der Waals surface area (Å²) < 4.78 is 2.03. The van der Waals surface area contributed by atoms with Gasteiger partial charge in [-0.1, -0.05) is 54.1 Å². The smallest absolute Gasteiger partial charge is 0.321 e. The number of hydrazone groups is 1. The van der Waals surface area contributed by atoms with E-state index in [4.69, 9.17) is 16.7 Å². The molecule has 6 rings (SSSR count). The third-order valence-corrected chi connectivity index (χ3v) is 6.96. The van der Waals surface area contributed by atoms with Gasteiger partial charge in [-0.2, -0.15) is 5.10 Å². The number of para-hydroxylation sites is 1. The Balaban J connectivity index is 1.39.